The largest absolute Gasteiger partial charge is 0.332 e. The lowest BCUT2D eigenvalue weighted by atomic mass is 10.2. The Bertz CT molecular complexity index is 780. The van der Waals surface area contributed by atoms with E-state index < -0.39 is 0 Å². The molecule has 0 unspecified atom stereocenters. The molecule has 0 saturated carbocycles. The Balaban J connectivity index is 2.00. The first-order valence-electron chi connectivity index (χ1n) is 7.26. The molecule has 7 heteroatoms. The average molecular weight is 406 g/mol. The third-order valence-corrected chi connectivity index (χ3v) is 3.97. The molecule has 0 spiro atoms. The summed E-state index contributed by atoms with van der Waals surface area (Å²) in [6, 6.07) is 14.2. The van der Waals surface area contributed by atoms with Crippen molar-refractivity contribution < 1.29 is 9.59 Å². The molecule has 0 radical (unpaired) electrons. The maximum absolute atomic E-state index is 12.2. The van der Waals surface area contributed by atoms with Gasteiger partial charge < -0.3 is 10.6 Å². The fourth-order valence-corrected chi connectivity index (χ4v) is 2.58. The third-order valence-electron chi connectivity index (χ3n) is 3.07. The van der Waals surface area contributed by atoms with Gasteiger partial charge in [0, 0.05) is 22.3 Å². The topological polar surface area (TPSA) is 70.2 Å². The van der Waals surface area contributed by atoms with Gasteiger partial charge in [0.05, 0.1) is 5.56 Å². The van der Waals surface area contributed by atoms with E-state index in [2.05, 4.69) is 31.9 Å². The summed E-state index contributed by atoms with van der Waals surface area (Å²) in [4.78, 5) is 23.6. The highest BCUT2D eigenvalue weighted by Crippen LogP contribution is 2.17. The van der Waals surface area contributed by atoms with Crippen LogP contribution in [-0.4, -0.2) is 16.9 Å². The van der Waals surface area contributed by atoms with E-state index in [1.165, 1.54) is 0 Å². The molecule has 0 saturated heterocycles. The lowest BCUT2D eigenvalue weighted by Crippen LogP contribution is -2.34. The van der Waals surface area contributed by atoms with E-state index >= 15 is 0 Å². The molecular weight excluding hydrogens is 390 g/mol. The van der Waals surface area contributed by atoms with Gasteiger partial charge in [0.1, 0.15) is 0 Å². The predicted octanol–water partition coefficient (Wildman–Crippen LogP) is 3.92. The molecule has 0 aromatic heterocycles. The van der Waals surface area contributed by atoms with E-state index in [1.54, 1.807) is 49.4 Å². The number of carbonyl (C=O) groups is 2. The van der Waals surface area contributed by atoms with E-state index in [0.717, 1.165) is 0 Å². The Labute approximate surface area is 154 Å². The Morgan fingerprint density at radius 1 is 1.04 bits per heavy atom. The third kappa shape index (κ3) is 5.14. The molecule has 0 bridgehead atoms. The number of anilines is 2. The van der Waals surface area contributed by atoms with Crippen LogP contribution in [0, 0.1) is 0 Å². The molecule has 5 nitrogen and oxygen atoms in total. The summed E-state index contributed by atoms with van der Waals surface area (Å²) in [5.41, 5.74) is 1.82. The monoisotopic (exact) mass is 405 g/mol. The molecule has 0 aliphatic carbocycles. The molecule has 2 aromatic carbocycles. The van der Waals surface area contributed by atoms with Crippen molar-refractivity contribution in [1.82, 2.24) is 5.32 Å². The van der Waals surface area contributed by atoms with Crippen LogP contribution < -0.4 is 16.0 Å². The number of carbonyl (C=O) groups excluding carboxylic acids is 2. The van der Waals surface area contributed by atoms with Crippen LogP contribution in [0.15, 0.2) is 53.0 Å². The van der Waals surface area contributed by atoms with Crippen molar-refractivity contribution >= 4 is 56.4 Å². The van der Waals surface area contributed by atoms with Crippen LogP contribution in [-0.2, 0) is 4.79 Å². The van der Waals surface area contributed by atoms with Gasteiger partial charge in [-0.25, -0.2) is 0 Å². The summed E-state index contributed by atoms with van der Waals surface area (Å²) >= 11 is 8.49. The minimum Gasteiger partial charge on any atom is -0.332 e. The van der Waals surface area contributed by atoms with Gasteiger partial charge in [0.15, 0.2) is 5.11 Å². The number of halogens is 1. The van der Waals surface area contributed by atoms with Crippen LogP contribution in [0.4, 0.5) is 11.4 Å². The second-order valence-electron chi connectivity index (χ2n) is 4.87. The molecular formula is C17H16BrN3O2S. The first kappa shape index (κ1) is 18.1. The van der Waals surface area contributed by atoms with Crippen molar-refractivity contribution in [2.24, 2.45) is 0 Å². The summed E-state index contributed by atoms with van der Waals surface area (Å²) in [6.07, 6.45) is 0.401. The lowest BCUT2D eigenvalue weighted by molar-refractivity contribution is -0.115. The minimum atomic E-state index is -0.310. The lowest BCUT2D eigenvalue weighted by Gasteiger charge is -2.11. The number of hydrogen-bond donors (Lipinski definition) is 3. The Hall–Kier alpha value is -2.25. The molecule has 2 amide bonds. The van der Waals surface area contributed by atoms with Gasteiger partial charge in [-0.1, -0.05) is 25.1 Å². The van der Waals surface area contributed by atoms with E-state index in [9.17, 15) is 9.59 Å². The normalized spacial score (nSPS) is 9.92. The molecule has 0 fully saturated rings. The van der Waals surface area contributed by atoms with E-state index in [1.807, 2.05) is 6.07 Å². The number of hydrogen-bond acceptors (Lipinski definition) is 3. The minimum absolute atomic E-state index is 0.0723. The van der Waals surface area contributed by atoms with Gasteiger partial charge in [-0.3, -0.25) is 14.9 Å². The summed E-state index contributed by atoms with van der Waals surface area (Å²) < 4.78 is 0.689. The van der Waals surface area contributed by atoms with Crippen LogP contribution in [0.1, 0.15) is 23.7 Å². The molecule has 0 atom stereocenters. The van der Waals surface area contributed by atoms with Crippen LogP contribution in [0.5, 0.6) is 0 Å². The Kier molecular flexibility index (Phi) is 6.45. The number of rotatable bonds is 4. The van der Waals surface area contributed by atoms with Crippen molar-refractivity contribution in [2.45, 2.75) is 13.3 Å². The van der Waals surface area contributed by atoms with E-state index in [0.29, 0.717) is 27.8 Å². The van der Waals surface area contributed by atoms with Crippen molar-refractivity contribution in [3.8, 4) is 0 Å². The van der Waals surface area contributed by atoms with Crippen molar-refractivity contribution in [3.05, 3.63) is 58.6 Å². The van der Waals surface area contributed by atoms with Gasteiger partial charge in [-0.2, -0.15) is 0 Å². The molecule has 24 heavy (non-hydrogen) atoms. The summed E-state index contributed by atoms with van der Waals surface area (Å²) in [7, 11) is 0. The molecule has 0 aliphatic heterocycles. The predicted molar refractivity (Wildman–Crippen MR) is 103 cm³/mol. The highest BCUT2D eigenvalue weighted by molar-refractivity contribution is 9.10. The molecule has 2 aromatic rings. The first-order valence-corrected chi connectivity index (χ1v) is 8.46. The quantitative estimate of drug-likeness (QED) is 0.674. The Morgan fingerprint density at radius 2 is 1.71 bits per heavy atom. The van der Waals surface area contributed by atoms with Crippen LogP contribution in [0.2, 0.25) is 0 Å². The first-order chi connectivity index (χ1) is 11.5. The fraction of sp³-hybridized carbons (Fsp3) is 0.118. The van der Waals surface area contributed by atoms with Crippen molar-refractivity contribution in [2.75, 3.05) is 10.6 Å². The smallest absolute Gasteiger partial charge is 0.258 e. The van der Waals surface area contributed by atoms with Gasteiger partial charge in [0.2, 0.25) is 5.91 Å². The maximum atomic E-state index is 12.2. The maximum Gasteiger partial charge on any atom is 0.258 e. The second-order valence-corrected chi connectivity index (χ2v) is 6.13. The van der Waals surface area contributed by atoms with Gasteiger partial charge in [-0.05, 0) is 58.5 Å². The molecule has 0 aliphatic rings. The van der Waals surface area contributed by atoms with Crippen molar-refractivity contribution in [3.63, 3.8) is 0 Å². The van der Waals surface area contributed by atoms with E-state index in [4.69, 9.17) is 12.2 Å². The van der Waals surface area contributed by atoms with Gasteiger partial charge in [0.25, 0.3) is 5.91 Å². The zero-order valence-corrected chi connectivity index (χ0v) is 15.3. The second kappa shape index (κ2) is 8.56. The standard InChI is InChI=1S/C17H16BrN3O2S/c1-2-15(22)19-11-6-5-7-12(10-11)20-17(24)21-16(23)13-8-3-4-9-14(13)18/h3-10H,2H2,1H3,(H,19,22)(H2,20,21,23,24). The van der Waals surface area contributed by atoms with Crippen molar-refractivity contribution in [1.29, 1.82) is 0 Å². The van der Waals surface area contributed by atoms with Gasteiger partial charge >= 0.3 is 0 Å². The molecule has 3 N–H and O–H groups in total. The zero-order chi connectivity index (χ0) is 17.5. The number of benzene rings is 2. The summed E-state index contributed by atoms with van der Waals surface area (Å²) in [6.45, 7) is 1.78. The number of amides is 2. The number of thiocarbonyl (C=S) groups is 1. The molecule has 2 rings (SSSR count). The highest BCUT2D eigenvalue weighted by Gasteiger charge is 2.11. The van der Waals surface area contributed by atoms with Gasteiger partial charge in [-0.15, -0.1) is 0 Å². The average Bonchev–Trinajstić information content (AvgIpc) is 2.55. The highest BCUT2D eigenvalue weighted by atomic mass is 79.9. The summed E-state index contributed by atoms with van der Waals surface area (Å²) in [5.74, 6) is -0.382. The van der Waals surface area contributed by atoms with Crippen LogP contribution >= 0.6 is 28.1 Å². The number of nitrogens with one attached hydrogen (secondary N) is 3. The fourth-order valence-electron chi connectivity index (χ4n) is 1.90. The SMILES string of the molecule is CCC(=O)Nc1cccc(NC(=S)NC(=O)c2ccccc2Br)c1. The molecule has 124 valence electrons. The molecule has 0 heterocycles. The van der Waals surface area contributed by atoms with Crippen LogP contribution in [0.25, 0.3) is 0 Å². The Morgan fingerprint density at radius 3 is 2.38 bits per heavy atom. The summed E-state index contributed by atoms with van der Waals surface area (Å²) in [5, 5.41) is 8.49. The van der Waals surface area contributed by atoms with Crippen LogP contribution in [0.3, 0.4) is 0 Å². The van der Waals surface area contributed by atoms with E-state index in [-0.39, 0.29) is 16.9 Å². The zero-order valence-electron chi connectivity index (χ0n) is 12.9.